The molecule has 0 aliphatic carbocycles. The minimum absolute atomic E-state index is 0.223. The van der Waals surface area contributed by atoms with Crippen molar-refractivity contribution < 1.29 is 13.2 Å². The van der Waals surface area contributed by atoms with Crippen molar-refractivity contribution in [2.24, 2.45) is 5.92 Å². The van der Waals surface area contributed by atoms with E-state index in [4.69, 9.17) is 4.74 Å². The molecule has 0 radical (unpaired) electrons. The summed E-state index contributed by atoms with van der Waals surface area (Å²) in [5, 5.41) is 3.04. The molecule has 2 aliphatic heterocycles. The zero-order valence-electron chi connectivity index (χ0n) is 12.0. The molecule has 2 saturated heterocycles. The first-order valence-electron chi connectivity index (χ1n) is 7.29. The Morgan fingerprint density at radius 1 is 1.16 bits per heavy atom. The molecule has 112 valence electrons. The van der Waals surface area contributed by atoms with Gasteiger partial charge in [-0.25, -0.2) is 12.7 Å². The summed E-state index contributed by atoms with van der Waals surface area (Å²) >= 11 is 0. The normalized spacial score (nSPS) is 26.4. The van der Waals surface area contributed by atoms with Crippen LogP contribution in [0.4, 0.5) is 0 Å². The molecule has 1 N–H and O–H groups in total. The van der Waals surface area contributed by atoms with E-state index in [1.165, 1.54) is 0 Å². The first-order valence-corrected chi connectivity index (χ1v) is 8.80. The Morgan fingerprint density at radius 2 is 1.74 bits per heavy atom. The van der Waals surface area contributed by atoms with Crippen molar-refractivity contribution >= 4 is 10.0 Å². The largest absolute Gasteiger partial charge is 0.381 e. The number of sulfonamides is 1. The van der Waals surface area contributed by atoms with Gasteiger partial charge in [0.05, 0.1) is 5.25 Å². The molecule has 2 rings (SSSR count). The highest BCUT2D eigenvalue weighted by Gasteiger charge is 2.36. The van der Waals surface area contributed by atoms with Crippen molar-refractivity contribution in [3.8, 4) is 0 Å². The molecule has 0 bridgehead atoms. The van der Waals surface area contributed by atoms with E-state index in [0.717, 1.165) is 12.8 Å². The number of nitrogens with zero attached hydrogens (tertiary/aromatic N) is 1. The first-order chi connectivity index (χ1) is 9.05. The summed E-state index contributed by atoms with van der Waals surface area (Å²) in [4.78, 5) is 0. The number of nitrogens with one attached hydrogen (secondary N) is 1. The molecule has 1 unspecified atom stereocenters. The van der Waals surface area contributed by atoms with Crippen LogP contribution in [0.2, 0.25) is 0 Å². The molecule has 19 heavy (non-hydrogen) atoms. The average Bonchev–Trinajstić information content (AvgIpc) is 2.47. The number of rotatable bonds is 4. The van der Waals surface area contributed by atoms with E-state index in [1.54, 1.807) is 4.31 Å². The molecule has 5 nitrogen and oxygen atoms in total. The molecule has 2 aliphatic rings. The molecular weight excluding hydrogens is 264 g/mol. The Hall–Kier alpha value is -0.170. The van der Waals surface area contributed by atoms with Gasteiger partial charge in [0.15, 0.2) is 0 Å². The third-order valence-electron chi connectivity index (χ3n) is 4.61. The molecule has 0 aromatic carbocycles. The maximum atomic E-state index is 12.5. The minimum atomic E-state index is -3.11. The zero-order chi connectivity index (χ0) is 13.9. The fourth-order valence-corrected chi connectivity index (χ4v) is 4.98. The quantitative estimate of drug-likeness (QED) is 0.832. The maximum Gasteiger partial charge on any atom is 0.217 e. The van der Waals surface area contributed by atoms with Gasteiger partial charge in [0, 0.05) is 32.3 Å². The molecule has 0 spiro atoms. The maximum absolute atomic E-state index is 12.5. The Morgan fingerprint density at radius 3 is 2.26 bits per heavy atom. The van der Waals surface area contributed by atoms with Crippen molar-refractivity contribution in [1.82, 2.24) is 9.62 Å². The van der Waals surface area contributed by atoms with Crippen LogP contribution in [-0.2, 0) is 14.8 Å². The molecule has 0 aromatic rings. The molecule has 2 heterocycles. The Labute approximate surface area is 116 Å². The van der Waals surface area contributed by atoms with Crippen LogP contribution in [0.3, 0.4) is 0 Å². The Balaban J connectivity index is 1.92. The van der Waals surface area contributed by atoms with Gasteiger partial charge >= 0.3 is 0 Å². The van der Waals surface area contributed by atoms with Gasteiger partial charge in [-0.3, -0.25) is 0 Å². The zero-order valence-corrected chi connectivity index (χ0v) is 12.8. The van der Waals surface area contributed by atoms with Gasteiger partial charge in [0.2, 0.25) is 10.0 Å². The lowest BCUT2D eigenvalue weighted by molar-refractivity contribution is 0.0966. The second-order valence-electron chi connectivity index (χ2n) is 5.67. The van der Waals surface area contributed by atoms with E-state index < -0.39 is 10.0 Å². The van der Waals surface area contributed by atoms with Crippen LogP contribution < -0.4 is 5.32 Å². The van der Waals surface area contributed by atoms with Crippen molar-refractivity contribution in [2.45, 2.75) is 43.9 Å². The van der Waals surface area contributed by atoms with Gasteiger partial charge in [-0.2, -0.15) is 0 Å². The van der Waals surface area contributed by atoms with E-state index in [0.29, 0.717) is 51.1 Å². The van der Waals surface area contributed by atoms with E-state index in [-0.39, 0.29) is 5.25 Å². The molecule has 0 saturated carbocycles. The number of piperidine rings is 1. The van der Waals surface area contributed by atoms with Crippen LogP contribution in [-0.4, -0.2) is 57.4 Å². The number of ether oxygens (including phenoxy) is 1. The van der Waals surface area contributed by atoms with Crippen molar-refractivity contribution in [2.75, 3.05) is 33.4 Å². The minimum Gasteiger partial charge on any atom is -0.381 e. The highest BCUT2D eigenvalue weighted by atomic mass is 32.2. The second kappa shape index (κ2) is 6.52. The molecule has 6 heteroatoms. The van der Waals surface area contributed by atoms with Crippen LogP contribution in [0.1, 0.15) is 32.6 Å². The lowest BCUT2D eigenvalue weighted by Crippen LogP contribution is -2.47. The van der Waals surface area contributed by atoms with Crippen LogP contribution >= 0.6 is 0 Å². The van der Waals surface area contributed by atoms with E-state index >= 15 is 0 Å². The van der Waals surface area contributed by atoms with Gasteiger partial charge < -0.3 is 10.1 Å². The molecular formula is C13H26N2O3S. The van der Waals surface area contributed by atoms with Crippen LogP contribution in [0.15, 0.2) is 0 Å². The van der Waals surface area contributed by atoms with Gasteiger partial charge in [-0.05, 0) is 45.6 Å². The summed E-state index contributed by atoms with van der Waals surface area (Å²) in [5.41, 5.74) is 0. The molecule has 2 fully saturated rings. The highest BCUT2D eigenvalue weighted by molar-refractivity contribution is 7.89. The standard InChI is InChI=1S/C13H26N2O3S/c1-11(14-2)12-3-7-15(8-4-12)19(16,17)13-5-9-18-10-6-13/h11-14H,3-10H2,1-2H3. The van der Waals surface area contributed by atoms with Gasteiger partial charge in [-0.1, -0.05) is 0 Å². The molecule has 1 atom stereocenters. The second-order valence-corrected chi connectivity index (χ2v) is 7.88. The van der Waals surface area contributed by atoms with Crippen molar-refractivity contribution in [3.63, 3.8) is 0 Å². The summed E-state index contributed by atoms with van der Waals surface area (Å²) < 4.78 is 32.0. The predicted molar refractivity (Wildman–Crippen MR) is 75.6 cm³/mol. The van der Waals surface area contributed by atoms with Gasteiger partial charge in [0.1, 0.15) is 0 Å². The summed E-state index contributed by atoms with van der Waals surface area (Å²) in [6.45, 7) is 4.69. The lowest BCUT2D eigenvalue weighted by atomic mass is 9.91. The Kier molecular flexibility index (Phi) is 5.22. The van der Waals surface area contributed by atoms with Crippen LogP contribution in [0.5, 0.6) is 0 Å². The number of hydrogen-bond acceptors (Lipinski definition) is 4. The fraction of sp³-hybridized carbons (Fsp3) is 1.00. The molecule has 0 aromatic heterocycles. The third-order valence-corrected chi connectivity index (χ3v) is 7.01. The lowest BCUT2D eigenvalue weighted by Gasteiger charge is -2.36. The average molecular weight is 290 g/mol. The van der Waals surface area contributed by atoms with Crippen molar-refractivity contribution in [1.29, 1.82) is 0 Å². The highest BCUT2D eigenvalue weighted by Crippen LogP contribution is 2.26. The van der Waals surface area contributed by atoms with Crippen molar-refractivity contribution in [3.05, 3.63) is 0 Å². The predicted octanol–water partition coefficient (Wildman–Crippen LogP) is 0.815. The SMILES string of the molecule is CNC(C)C1CCN(S(=O)(=O)C2CCOCC2)CC1. The van der Waals surface area contributed by atoms with Gasteiger partial charge in [0.25, 0.3) is 0 Å². The van der Waals surface area contributed by atoms with E-state index in [2.05, 4.69) is 12.2 Å². The summed E-state index contributed by atoms with van der Waals surface area (Å²) in [5.74, 6) is 0.589. The monoisotopic (exact) mass is 290 g/mol. The van der Waals surface area contributed by atoms with Crippen LogP contribution in [0, 0.1) is 5.92 Å². The molecule has 0 amide bonds. The first kappa shape index (κ1) is 15.2. The summed E-state index contributed by atoms with van der Waals surface area (Å²) in [6.07, 6.45) is 3.22. The fourth-order valence-electron chi connectivity index (χ4n) is 3.05. The van der Waals surface area contributed by atoms with E-state index in [9.17, 15) is 8.42 Å². The topological polar surface area (TPSA) is 58.6 Å². The Bertz CT molecular complexity index is 371. The van der Waals surface area contributed by atoms with Gasteiger partial charge in [-0.15, -0.1) is 0 Å². The summed E-state index contributed by atoms with van der Waals surface area (Å²) in [6, 6.07) is 0.466. The number of hydrogen-bond donors (Lipinski definition) is 1. The van der Waals surface area contributed by atoms with Crippen LogP contribution in [0.25, 0.3) is 0 Å². The summed E-state index contributed by atoms with van der Waals surface area (Å²) in [7, 11) is -1.14. The van der Waals surface area contributed by atoms with E-state index in [1.807, 2.05) is 7.05 Å². The third kappa shape index (κ3) is 3.48. The smallest absolute Gasteiger partial charge is 0.217 e.